The number of hydrogen-bond donors (Lipinski definition) is 3. The molecular weight excluding hydrogens is 172 g/mol. The number of nitrogens with zero attached hydrogens (tertiary/aromatic N) is 1. The van der Waals surface area contributed by atoms with Gasteiger partial charge in [0.05, 0.1) is 11.3 Å². The SMILES string of the molecule is N#Cc1ccc2[nH]o[nH]oc2c1N. The van der Waals surface area contributed by atoms with Crippen LogP contribution in [0.2, 0.25) is 0 Å². The van der Waals surface area contributed by atoms with Crippen LogP contribution in [-0.4, -0.2) is 10.5 Å². The van der Waals surface area contributed by atoms with Crippen LogP contribution < -0.4 is 5.73 Å². The molecule has 2 aromatic rings. The van der Waals surface area contributed by atoms with Gasteiger partial charge in [-0.05, 0) is 12.1 Å². The molecule has 4 N–H and O–H groups in total. The van der Waals surface area contributed by atoms with E-state index in [9.17, 15) is 0 Å². The second-order valence-electron chi connectivity index (χ2n) is 2.40. The van der Waals surface area contributed by atoms with E-state index in [-0.39, 0.29) is 5.69 Å². The Labute approximate surface area is 72.1 Å². The first kappa shape index (κ1) is 7.36. The van der Waals surface area contributed by atoms with Gasteiger partial charge in [-0.25, -0.2) is 0 Å². The summed E-state index contributed by atoms with van der Waals surface area (Å²) in [4.78, 5) is 0. The zero-order chi connectivity index (χ0) is 9.26. The fraction of sp³-hybridized carbons (Fsp3) is 0. The molecule has 0 fully saturated rings. The van der Waals surface area contributed by atoms with Crippen molar-refractivity contribution in [1.82, 2.24) is 10.5 Å². The van der Waals surface area contributed by atoms with Gasteiger partial charge in [-0.15, -0.1) is 0 Å². The third kappa shape index (κ3) is 1.03. The molecule has 1 aromatic heterocycles. The van der Waals surface area contributed by atoms with E-state index in [4.69, 9.17) is 15.5 Å². The van der Waals surface area contributed by atoms with Crippen molar-refractivity contribution in [3.63, 3.8) is 0 Å². The largest absolute Gasteiger partial charge is 0.394 e. The standard InChI is InChI=1S/C7H6N4O2/c8-3-4-1-2-5-7(6(4)9)12-11-13-10-5/h1-2,10-11H,9H2. The molecule has 0 aliphatic rings. The van der Waals surface area contributed by atoms with Crippen molar-refractivity contribution in [2.45, 2.75) is 0 Å². The molecular formula is C7H6N4O2. The number of nitrogens with one attached hydrogen (secondary N) is 2. The van der Waals surface area contributed by atoms with Crippen molar-refractivity contribution in [3.05, 3.63) is 17.7 Å². The van der Waals surface area contributed by atoms with Gasteiger partial charge in [0.25, 0.3) is 0 Å². The van der Waals surface area contributed by atoms with Gasteiger partial charge in [-0.3, -0.25) is 4.63 Å². The zero-order valence-electron chi connectivity index (χ0n) is 6.50. The van der Waals surface area contributed by atoms with Crippen LogP contribution in [0.5, 0.6) is 0 Å². The van der Waals surface area contributed by atoms with Gasteiger partial charge in [0, 0.05) is 0 Å². The van der Waals surface area contributed by atoms with Crippen LogP contribution >= 0.6 is 0 Å². The first-order valence-corrected chi connectivity index (χ1v) is 3.49. The Morgan fingerprint density at radius 3 is 3.08 bits per heavy atom. The molecule has 0 saturated heterocycles. The van der Waals surface area contributed by atoms with E-state index in [1.165, 1.54) is 0 Å². The van der Waals surface area contributed by atoms with Crippen LogP contribution in [0.15, 0.2) is 21.3 Å². The third-order valence-electron chi connectivity index (χ3n) is 1.66. The molecule has 0 bridgehead atoms. The van der Waals surface area contributed by atoms with Crippen LogP contribution in [-0.2, 0) is 0 Å². The van der Waals surface area contributed by atoms with Crippen molar-refractivity contribution >= 4 is 16.8 Å². The van der Waals surface area contributed by atoms with Crippen LogP contribution in [0.4, 0.5) is 5.69 Å². The smallest absolute Gasteiger partial charge is 0.209 e. The molecule has 0 aliphatic heterocycles. The number of nitrogens with two attached hydrogens (primary N) is 1. The molecule has 0 aliphatic carbocycles. The number of hydrogen-bond acceptors (Lipinski definition) is 4. The summed E-state index contributed by atoms with van der Waals surface area (Å²) in [7, 11) is 0. The summed E-state index contributed by atoms with van der Waals surface area (Å²) in [5.41, 5.74) is 7.22. The Balaban J connectivity index is 2.89. The predicted octanol–water partition coefficient (Wildman–Crippen LogP) is 1.26. The molecule has 1 heterocycles. The van der Waals surface area contributed by atoms with Crippen LogP contribution in [0.1, 0.15) is 5.56 Å². The summed E-state index contributed by atoms with van der Waals surface area (Å²) in [6, 6.07) is 5.17. The van der Waals surface area contributed by atoms with E-state index in [0.29, 0.717) is 16.7 Å². The summed E-state index contributed by atoms with van der Waals surface area (Å²) in [5.74, 6) is 0. The molecule has 0 spiro atoms. The molecule has 6 heteroatoms. The lowest BCUT2D eigenvalue weighted by Gasteiger charge is -2.00. The topological polar surface area (TPSA) is 108 Å². The minimum absolute atomic E-state index is 0.281. The highest BCUT2D eigenvalue weighted by atomic mass is 16.7. The number of aromatic nitrogens is 2. The van der Waals surface area contributed by atoms with Crippen molar-refractivity contribution in [2.75, 3.05) is 5.73 Å². The maximum Gasteiger partial charge on any atom is 0.209 e. The molecule has 13 heavy (non-hydrogen) atoms. The van der Waals surface area contributed by atoms with Gasteiger partial charge in [-0.1, -0.05) is 5.33 Å². The summed E-state index contributed by atoms with van der Waals surface area (Å²) in [5, 5.41) is 13.3. The van der Waals surface area contributed by atoms with Crippen molar-refractivity contribution in [2.24, 2.45) is 0 Å². The summed E-state index contributed by atoms with van der Waals surface area (Å²) >= 11 is 0. The van der Waals surface area contributed by atoms with Crippen LogP contribution in [0, 0.1) is 11.3 Å². The van der Waals surface area contributed by atoms with Crippen LogP contribution in [0.25, 0.3) is 11.1 Å². The van der Waals surface area contributed by atoms with E-state index in [1.54, 1.807) is 12.1 Å². The number of aromatic amines is 2. The maximum absolute atomic E-state index is 8.66. The first-order valence-electron chi connectivity index (χ1n) is 3.49. The first-order chi connectivity index (χ1) is 6.33. The minimum Gasteiger partial charge on any atom is -0.394 e. The van der Waals surface area contributed by atoms with E-state index in [2.05, 4.69) is 15.1 Å². The van der Waals surface area contributed by atoms with E-state index in [0.717, 1.165) is 0 Å². The van der Waals surface area contributed by atoms with Gasteiger partial charge in [0.15, 0.2) is 0 Å². The number of benzene rings is 1. The van der Waals surface area contributed by atoms with Gasteiger partial charge >= 0.3 is 0 Å². The van der Waals surface area contributed by atoms with Crippen molar-refractivity contribution in [3.8, 4) is 6.07 Å². The molecule has 6 nitrogen and oxygen atoms in total. The highest BCUT2D eigenvalue weighted by Crippen LogP contribution is 2.21. The third-order valence-corrected chi connectivity index (χ3v) is 1.66. The number of nitriles is 1. The molecule has 1 aromatic carbocycles. The fourth-order valence-corrected chi connectivity index (χ4v) is 1.03. The second kappa shape index (κ2) is 2.64. The van der Waals surface area contributed by atoms with Gasteiger partial charge in [-0.2, -0.15) is 10.4 Å². The second-order valence-corrected chi connectivity index (χ2v) is 2.40. The van der Waals surface area contributed by atoms with Gasteiger partial charge in [0.1, 0.15) is 11.6 Å². The lowest BCUT2D eigenvalue weighted by molar-refractivity contribution is 0.142. The molecule has 0 saturated carbocycles. The summed E-state index contributed by atoms with van der Waals surface area (Å²) in [6.07, 6.45) is 0. The maximum atomic E-state index is 8.66. The van der Waals surface area contributed by atoms with Crippen molar-refractivity contribution < 1.29 is 9.15 Å². The monoisotopic (exact) mass is 178 g/mol. The Morgan fingerprint density at radius 2 is 2.31 bits per heavy atom. The quantitative estimate of drug-likeness (QED) is 0.527. The van der Waals surface area contributed by atoms with Gasteiger partial charge < -0.3 is 10.3 Å². The number of anilines is 1. The lowest BCUT2D eigenvalue weighted by atomic mass is 10.2. The highest BCUT2D eigenvalue weighted by Gasteiger charge is 2.06. The van der Waals surface area contributed by atoms with Gasteiger partial charge in [0.2, 0.25) is 5.58 Å². The fourth-order valence-electron chi connectivity index (χ4n) is 1.03. The number of H-pyrrole nitrogens is 2. The zero-order valence-corrected chi connectivity index (χ0v) is 6.50. The summed E-state index contributed by atoms with van der Waals surface area (Å²) in [6.45, 7) is 0. The molecule has 66 valence electrons. The Bertz CT molecular complexity index is 505. The molecule has 0 amide bonds. The summed E-state index contributed by atoms with van der Waals surface area (Å²) < 4.78 is 9.45. The average Bonchev–Trinajstić information content (AvgIpc) is 2.19. The van der Waals surface area contributed by atoms with Crippen LogP contribution in [0.3, 0.4) is 0 Å². The Kier molecular flexibility index (Phi) is 1.49. The van der Waals surface area contributed by atoms with E-state index >= 15 is 0 Å². The molecule has 0 atom stereocenters. The minimum atomic E-state index is 0.281. The normalized spacial score (nSPS) is 9.77. The lowest BCUT2D eigenvalue weighted by Crippen LogP contribution is -1.93. The number of rotatable bonds is 0. The molecule has 0 radical (unpaired) electrons. The Hall–Kier alpha value is -2.29. The number of nitrogen functional groups attached to an aromatic ring is 1. The highest BCUT2D eigenvalue weighted by molar-refractivity contribution is 5.87. The average molecular weight is 178 g/mol. The molecule has 2 rings (SSSR count). The van der Waals surface area contributed by atoms with Crippen molar-refractivity contribution in [1.29, 1.82) is 5.26 Å². The van der Waals surface area contributed by atoms with E-state index < -0.39 is 0 Å². The number of fused-ring (bicyclic) bond motifs is 1. The Morgan fingerprint density at radius 1 is 1.46 bits per heavy atom. The predicted molar refractivity (Wildman–Crippen MR) is 43.9 cm³/mol. The van der Waals surface area contributed by atoms with E-state index in [1.807, 2.05) is 6.07 Å². The molecule has 0 unspecified atom stereocenters.